The average Bonchev–Trinajstić information content (AvgIpc) is 2.22. The van der Waals surface area contributed by atoms with Crippen LogP contribution in [0.15, 0.2) is 12.1 Å². The number of aliphatic hydroxyl groups is 1. The third-order valence-corrected chi connectivity index (χ3v) is 3.19. The first-order valence-corrected chi connectivity index (χ1v) is 6.59. The summed E-state index contributed by atoms with van der Waals surface area (Å²) in [5.41, 5.74) is 0.996. The van der Waals surface area contributed by atoms with Crippen LogP contribution in [0.4, 0.5) is 4.39 Å². The minimum atomic E-state index is -1.12. The minimum Gasteiger partial charge on any atom is -0.385 e. The topological polar surface area (TPSA) is 32.3 Å². The SMILES string of the molecule is CCCNCCC(C)(O)c1c(C)cc(C)cc1F. The Morgan fingerprint density at radius 3 is 2.50 bits per heavy atom. The Kier molecular flexibility index (Phi) is 5.29. The maximum absolute atomic E-state index is 14.0. The molecule has 0 heterocycles. The van der Waals surface area contributed by atoms with Gasteiger partial charge in [-0.15, -0.1) is 0 Å². The molecule has 3 heteroatoms. The van der Waals surface area contributed by atoms with E-state index in [0.29, 0.717) is 18.5 Å². The molecule has 0 amide bonds. The molecular weight excluding hydrogens is 229 g/mol. The van der Waals surface area contributed by atoms with Crippen molar-refractivity contribution >= 4 is 0 Å². The highest BCUT2D eigenvalue weighted by Gasteiger charge is 2.28. The molecular formula is C15H24FNO. The van der Waals surface area contributed by atoms with Crippen molar-refractivity contribution in [1.82, 2.24) is 5.32 Å². The van der Waals surface area contributed by atoms with Gasteiger partial charge in [-0.25, -0.2) is 4.39 Å². The Hall–Kier alpha value is -0.930. The molecule has 0 fully saturated rings. The molecule has 0 aromatic heterocycles. The van der Waals surface area contributed by atoms with Gasteiger partial charge in [0.2, 0.25) is 0 Å². The van der Waals surface area contributed by atoms with Crippen LogP contribution in [0.1, 0.15) is 43.4 Å². The summed E-state index contributed by atoms with van der Waals surface area (Å²) < 4.78 is 14.0. The van der Waals surface area contributed by atoms with Crippen molar-refractivity contribution in [3.8, 4) is 0 Å². The van der Waals surface area contributed by atoms with Crippen LogP contribution in [0.2, 0.25) is 0 Å². The number of nitrogens with one attached hydrogen (secondary N) is 1. The van der Waals surface area contributed by atoms with E-state index in [2.05, 4.69) is 12.2 Å². The zero-order chi connectivity index (χ0) is 13.8. The van der Waals surface area contributed by atoms with Gasteiger partial charge in [0, 0.05) is 5.56 Å². The fraction of sp³-hybridized carbons (Fsp3) is 0.600. The second kappa shape index (κ2) is 6.30. The summed E-state index contributed by atoms with van der Waals surface area (Å²) in [6, 6.07) is 3.39. The molecule has 18 heavy (non-hydrogen) atoms. The van der Waals surface area contributed by atoms with Crippen molar-refractivity contribution in [2.24, 2.45) is 0 Å². The zero-order valence-electron chi connectivity index (χ0n) is 11.8. The number of aryl methyl sites for hydroxylation is 2. The Bertz CT molecular complexity index is 378. The van der Waals surface area contributed by atoms with E-state index in [1.54, 1.807) is 6.92 Å². The lowest BCUT2D eigenvalue weighted by molar-refractivity contribution is 0.0437. The van der Waals surface area contributed by atoms with Crippen molar-refractivity contribution in [3.05, 3.63) is 34.6 Å². The lowest BCUT2D eigenvalue weighted by Crippen LogP contribution is -2.30. The molecule has 1 aromatic carbocycles. The average molecular weight is 253 g/mol. The van der Waals surface area contributed by atoms with E-state index < -0.39 is 5.60 Å². The number of benzene rings is 1. The van der Waals surface area contributed by atoms with E-state index >= 15 is 0 Å². The summed E-state index contributed by atoms with van der Waals surface area (Å²) in [4.78, 5) is 0. The molecule has 1 unspecified atom stereocenters. The highest BCUT2D eigenvalue weighted by molar-refractivity contribution is 5.35. The van der Waals surface area contributed by atoms with Crippen LogP contribution in [0.3, 0.4) is 0 Å². The molecule has 0 aliphatic rings. The molecule has 0 aliphatic heterocycles. The summed E-state index contributed by atoms with van der Waals surface area (Å²) in [7, 11) is 0. The third kappa shape index (κ3) is 3.79. The monoisotopic (exact) mass is 253 g/mol. The molecule has 102 valence electrons. The highest BCUT2D eigenvalue weighted by atomic mass is 19.1. The Morgan fingerprint density at radius 2 is 1.94 bits per heavy atom. The van der Waals surface area contributed by atoms with Crippen molar-refractivity contribution < 1.29 is 9.50 Å². The van der Waals surface area contributed by atoms with Gasteiger partial charge in [-0.1, -0.05) is 13.0 Å². The first-order valence-electron chi connectivity index (χ1n) is 6.59. The molecule has 0 aliphatic carbocycles. The Balaban J connectivity index is 2.84. The number of rotatable bonds is 6. The summed E-state index contributed by atoms with van der Waals surface area (Å²) in [5, 5.41) is 13.7. The van der Waals surface area contributed by atoms with Crippen LogP contribution >= 0.6 is 0 Å². The van der Waals surface area contributed by atoms with Crippen LogP contribution in [-0.2, 0) is 5.60 Å². The predicted octanol–water partition coefficient (Wildman–Crippen LogP) is 3.04. The lowest BCUT2D eigenvalue weighted by Gasteiger charge is -2.26. The summed E-state index contributed by atoms with van der Waals surface area (Å²) in [5.74, 6) is -0.312. The maximum atomic E-state index is 14.0. The molecule has 0 radical (unpaired) electrons. The van der Waals surface area contributed by atoms with Gasteiger partial charge in [-0.3, -0.25) is 0 Å². The molecule has 0 bridgehead atoms. The van der Waals surface area contributed by atoms with Gasteiger partial charge >= 0.3 is 0 Å². The van der Waals surface area contributed by atoms with E-state index in [0.717, 1.165) is 24.1 Å². The molecule has 1 aromatic rings. The standard InChI is InChI=1S/C15H24FNO/c1-5-7-17-8-6-15(4,18)14-12(3)9-11(2)10-13(14)16/h9-10,17-18H,5-8H2,1-4H3. The Labute approximate surface area is 109 Å². The molecule has 2 nitrogen and oxygen atoms in total. The van der Waals surface area contributed by atoms with Crippen molar-refractivity contribution in [3.63, 3.8) is 0 Å². The van der Waals surface area contributed by atoms with Gasteiger partial charge in [0.25, 0.3) is 0 Å². The summed E-state index contributed by atoms with van der Waals surface area (Å²) in [6.07, 6.45) is 1.56. The fourth-order valence-corrected chi connectivity index (χ4v) is 2.36. The highest BCUT2D eigenvalue weighted by Crippen LogP contribution is 2.30. The van der Waals surface area contributed by atoms with Crippen LogP contribution in [-0.4, -0.2) is 18.2 Å². The van der Waals surface area contributed by atoms with Crippen LogP contribution in [0, 0.1) is 19.7 Å². The van der Waals surface area contributed by atoms with E-state index in [1.165, 1.54) is 6.07 Å². The molecule has 0 spiro atoms. The first-order chi connectivity index (χ1) is 8.38. The first kappa shape index (κ1) is 15.1. The van der Waals surface area contributed by atoms with Gasteiger partial charge in [0.1, 0.15) is 5.82 Å². The van der Waals surface area contributed by atoms with Gasteiger partial charge < -0.3 is 10.4 Å². The molecule has 1 atom stereocenters. The quantitative estimate of drug-likeness (QED) is 0.764. The number of hydrogen-bond donors (Lipinski definition) is 2. The molecule has 1 rings (SSSR count). The Morgan fingerprint density at radius 1 is 1.28 bits per heavy atom. The lowest BCUT2D eigenvalue weighted by atomic mass is 9.87. The summed E-state index contributed by atoms with van der Waals surface area (Å²) >= 11 is 0. The van der Waals surface area contributed by atoms with Gasteiger partial charge in [-0.2, -0.15) is 0 Å². The van der Waals surface area contributed by atoms with Crippen molar-refractivity contribution in [1.29, 1.82) is 0 Å². The molecule has 0 saturated heterocycles. The van der Waals surface area contributed by atoms with Crippen LogP contribution in [0.25, 0.3) is 0 Å². The van der Waals surface area contributed by atoms with Gasteiger partial charge in [-0.05, 0) is 63.9 Å². The van der Waals surface area contributed by atoms with E-state index in [4.69, 9.17) is 0 Å². The van der Waals surface area contributed by atoms with Crippen molar-refractivity contribution in [2.45, 2.75) is 46.1 Å². The number of halogens is 1. The van der Waals surface area contributed by atoms with Crippen LogP contribution < -0.4 is 5.32 Å². The maximum Gasteiger partial charge on any atom is 0.129 e. The summed E-state index contributed by atoms with van der Waals surface area (Å²) in [6.45, 7) is 9.09. The van der Waals surface area contributed by atoms with Crippen molar-refractivity contribution in [2.75, 3.05) is 13.1 Å². The smallest absolute Gasteiger partial charge is 0.129 e. The predicted molar refractivity (Wildman–Crippen MR) is 73.2 cm³/mol. The second-order valence-corrected chi connectivity index (χ2v) is 5.21. The largest absolute Gasteiger partial charge is 0.385 e. The third-order valence-electron chi connectivity index (χ3n) is 3.19. The van der Waals surface area contributed by atoms with Gasteiger partial charge in [0.15, 0.2) is 0 Å². The fourth-order valence-electron chi connectivity index (χ4n) is 2.36. The normalized spacial score (nSPS) is 14.6. The second-order valence-electron chi connectivity index (χ2n) is 5.21. The molecule has 0 saturated carbocycles. The minimum absolute atomic E-state index is 0.312. The van der Waals surface area contributed by atoms with E-state index in [-0.39, 0.29) is 5.82 Å². The zero-order valence-corrected chi connectivity index (χ0v) is 11.8. The van der Waals surface area contributed by atoms with E-state index in [1.807, 2.05) is 19.9 Å². The number of hydrogen-bond acceptors (Lipinski definition) is 2. The van der Waals surface area contributed by atoms with Crippen LogP contribution in [0.5, 0.6) is 0 Å². The van der Waals surface area contributed by atoms with E-state index in [9.17, 15) is 9.50 Å². The van der Waals surface area contributed by atoms with Gasteiger partial charge in [0.05, 0.1) is 5.60 Å². The molecule has 2 N–H and O–H groups in total.